The first-order valence-electron chi connectivity index (χ1n) is 8.07. The Morgan fingerprint density at radius 2 is 1.78 bits per heavy atom. The summed E-state index contributed by atoms with van der Waals surface area (Å²) in [6, 6.07) is 2.08. The van der Waals surface area contributed by atoms with Crippen LogP contribution in [0.5, 0.6) is 0 Å². The lowest BCUT2D eigenvalue weighted by Gasteiger charge is -2.23. The van der Waals surface area contributed by atoms with Crippen LogP contribution in [0.15, 0.2) is 24.3 Å². The summed E-state index contributed by atoms with van der Waals surface area (Å²) in [5.41, 5.74) is 4.20. The molecule has 0 aliphatic carbocycles. The lowest BCUT2D eigenvalue weighted by molar-refractivity contribution is -0.145. The van der Waals surface area contributed by atoms with Gasteiger partial charge in [0.15, 0.2) is 6.10 Å². The highest BCUT2D eigenvalue weighted by Crippen LogP contribution is 2.30. The van der Waals surface area contributed by atoms with Crippen molar-refractivity contribution in [2.75, 3.05) is 6.61 Å². The molecule has 10 heteroatoms. The van der Waals surface area contributed by atoms with Gasteiger partial charge in [0, 0.05) is 0 Å². The molecule has 0 aliphatic rings. The number of carbonyl (C=O) groups excluding carboxylic acids is 3. The summed E-state index contributed by atoms with van der Waals surface area (Å²) in [6.07, 6.45) is -6.56. The third-order valence-corrected chi connectivity index (χ3v) is 3.77. The molecule has 27 heavy (non-hydrogen) atoms. The predicted molar refractivity (Wildman–Crippen MR) is 87.9 cm³/mol. The van der Waals surface area contributed by atoms with Gasteiger partial charge in [-0.25, -0.2) is 0 Å². The third-order valence-electron chi connectivity index (χ3n) is 3.77. The molecule has 0 saturated heterocycles. The molecule has 1 aromatic rings. The Labute approximate surface area is 153 Å². The number of halogens is 3. The van der Waals surface area contributed by atoms with Gasteiger partial charge >= 0.3 is 12.1 Å². The van der Waals surface area contributed by atoms with Crippen LogP contribution in [0.4, 0.5) is 13.2 Å². The minimum absolute atomic E-state index is 0.0956. The van der Waals surface area contributed by atoms with Crippen LogP contribution in [0, 0.1) is 5.92 Å². The molecule has 3 atom stereocenters. The molecule has 1 aromatic carbocycles. The molecule has 0 bridgehead atoms. The third kappa shape index (κ3) is 6.55. The van der Waals surface area contributed by atoms with Crippen molar-refractivity contribution in [1.29, 1.82) is 0 Å². The van der Waals surface area contributed by atoms with Crippen molar-refractivity contribution in [2.24, 2.45) is 11.7 Å². The maximum atomic E-state index is 12.6. The van der Waals surface area contributed by atoms with Crippen LogP contribution in [-0.2, 0) is 25.3 Å². The summed E-state index contributed by atoms with van der Waals surface area (Å²) in [6.45, 7) is 3.24. The standard InChI is InChI=1S/C17H21F3N2O5/c1-3-27-12(23)8-9(2)13(15(21)25)22-16(26)14(24)10-4-6-11(7-5-10)17(18,19)20/h4-7,9,13-14,24H,3,8H2,1-2H3,(H2,21,25)(H,22,26)/t9-,13-,14-/m0/s1. The largest absolute Gasteiger partial charge is 0.466 e. The van der Waals surface area contributed by atoms with E-state index in [0.717, 1.165) is 24.3 Å². The second-order valence-corrected chi connectivity index (χ2v) is 5.90. The highest BCUT2D eigenvalue weighted by atomic mass is 19.4. The van der Waals surface area contributed by atoms with Gasteiger partial charge in [0.05, 0.1) is 18.6 Å². The van der Waals surface area contributed by atoms with Crippen LogP contribution in [0.3, 0.4) is 0 Å². The average molecular weight is 390 g/mol. The zero-order valence-corrected chi connectivity index (χ0v) is 14.7. The van der Waals surface area contributed by atoms with E-state index in [1.165, 1.54) is 6.92 Å². The fourth-order valence-corrected chi connectivity index (χ4v) is 2.33. The zero-order valence-electron chi connectivity index (χ0n) is 14.7. The highest BCUT2D eigenvalue weighted by molar-refractivity contribution is 5.89. The molecule has 0 fully saturated rings. The Kier molecular flexibility index (Phi) is 7.77. The summed E-state index contributed by atoms with van der Waals surface area (Å²) >= 11 is 0. The first kappa shape index (κ1) is 22.4. The van der Waals surface area contributed by atoms with Gasteiger partial charge in [0.2, 0.25) is 5.91 Å². The number of nitrogens with one attached hydrogen (secondary N) is 1. The number of hydrogen-bond donors (Lipinski definition) is 3. The van der Waals surface area contributed by atoms with Crippen molar-refractivity contribution in [2.45, 2.75) is 38.6 Å². The fraction of sp³-hybridized carbons (Fsp3) is 0.471. The molecule has 1 rings (SSSR count). The van der Waals surface area contributed by atoms with Gasteiger partial charge in [-0.2, -0.15) is 13.2 Å². The zero-order chi connectivity index (χ0) is 20.8. The number of hydrogen-bond acceptors (Lipinski definition) is 5. The summed E-state index contributed by atoms with van der Waals surface area (Å²) in [5, 5.41) is 12.2. The number of amides is 2. The van der Waals surface area contributed by atoms with Crippen LogP contribution in [-0.4, -0.2) is 35.5 Å². The van der Waals surface area contributed by atoms with Crippen molar-refractivity contribution >= 4 is 17.8 Å². The number of carbonyl (C=O) groups is 3. The molecule has 4 N–H and O–H groups in total. The minimum Gasteiger partial charge on any atom is -0.466 e. The van der Waals surface area contributed by atoms with Crippen LogP contribution in [0.25, 0.3) is 0 Å². The van der Waals surface area contributed by atoms with E-state index in [4.69, 9.17) is 10.5 Å². The van der Waals surface area contributed by atoms with Crippen molar-refractivity contribution in [3.8, 4) is 0 Å². The molecule has 0 aromatic heterocycles. The van der Waals surface area contributed by atoms with Crippen LogP contribution in [0.2, 0.25) is 0 Å². The first-order valence-corrected chi connectivity index (χ1v) is 8.07. The van der Waals surface area contributed by atoms with E-state index in [1.54, 1.807) is 6.92 Å². The molecule has 0 spiro atoms. The second-order valence-electron chi connectivity index (χ2n) is 5.90. The topological polar surface area (TPSA) is 119 Å². The number of esters is 1. The number of aliphatic hydroxyl groups is 1. The van der Waals surface area contributed by atoms with E-state index in [2.05, 4.69) is 5.32 Å². The molecular formula is C17H21F3N2O5. The summed E-state index contributed by atoms with van der Waals surface area (Å²) in [7, 11) is 0. The van der Waals surface area contributed by atoms with E-state index < -0.39 is 47.6 Å². The van der Waals surface area contributed by atoms with Crippen LogP contribution in [0.1, 0.15) is 37.5 Å². The van der Waals surface area contributed by atoms with Gasteiger partial charge < -0.3 is 20.9 Å². The smallest absolute Gasteiger partial charge is 0.416 e. The predicted octanol–water partition coefficient (Wildman–Crippen LogP) is 1.30. The molecule has 150 valence electrons. The lowest BCUT2D eigenvalue weighted by atomic mass is 9.97. The van der Waals surface area contributed by atoms with E-state index in [1.807, 2.05) is 0 Å². The van der Waals surface area contributed by atoms with Gasteiger partial charge in [-0.1, -0.05) is 19.1 Å². The Hall–Kier alpha value is -2.62. The number of ether oxygens (including phenoxy) is 1. The average Bonchev–Trinajstić information content (AvgIpc) is 2.57. The SMILES string of the molecule is CCOC(=O)C[C@H](C)[C@H](NC(=O)[C@@H](O)c1ccc(C(F)(F)F)cc1)C(N)=O. The minimum atomic E-state index is -4.55. The normalized spacial score (nSPS) is 14.7. The Balaban J connectivity index is 2.83. The number of rotatable bonds is 8. The molecule has 7 nitrogen and oxygen atoms in total. The van der Waals surface area contributed by atoms with Crippen molar-refractivity contribution in [3.05, 3.63) is 35.4 Å². The van der Waals surface area contributed by atoms with Gasteiger partial charge in [-0.05, 0) is 30.5 Å². The Bertz CT molecular complexity index is 676. The first-order chi connectivity index (χ1) is 12.5. The monoisotopic (exact) mass is 390 g/mol. The van der Waals surface area contributed by atoms with Crippen LogP contribution >= 0.6 is 0 Å². The molecule has 2 amide bonds. The Morgan fingerprint density at radius 3 is 2.22 bits per heavy atom. The molecule has 0 unspecified atom stereocenters. The summed E-state index contributed by atoms with van der Waals surface area (Å²) in [5.74, 6) is -3.27. The second kappa shape index (κ2) is 9.36. The molecule has 0 heterocycles. The number of nitrogens with two attached hydrogens (primary N) is 1. The maximum Gasteiger partial charge on any atom is 0.416 e. The van der Waals surface area contributed by atoms with Crippen molar-refractivity contribution in [3.63, 3.8) is 0 Å². The fourth-order valence-electron chi connectivity index (χ4n) is 2.33. The molecular weight excluding hydrogens is 369 g/mol. The van der Waals surface area contributed by atoms with E-state index in [9.17, 15) is 32.7 Å². The summed E-state index contributed by atoms with van der Waals surface area (Å²) in [4.78, 5) is 35.2. The van der Waals surface area contributed by atoms with E-state index >= 15 is 0 Å². The van der Waals surface area contributed by atoms with Crippen molar-refractivity contribution < 1.29 is 37.4 Å². The van der Waals surface area contributed by atoms with E-state index in [0.29, 0.717) is 0 Å². The quantitative estimate of drug-likeness (QED) is 0.578. The number of alkyl halides is 3. The molecule has 0 saturated carbocycles. The highest BCUT2D eigenvalue weighted by Gasteiger charge is 2.32. The maximum absolute atomic E-state index is 12.6. The lowest BCUT2D eigenvalue weighted by Crippen LogP contribution is -2.50. The van der Waals surface area contributed by atoms with E-state index in [-0.39, 0.29) is 18.6 Å². The van der Waals surface area contributed by atoms with Gasteiger partial charge in [-0.15, -0.1) is 0 Å². The van der Waals surface area contributed by atoms with Gasteiger partial charge in [-0.3, -0.25) is 14.4 Å². The van der Waals surface area contributed by atoms with Crippen molar-refractivity contribution in [1.82, 2.24) is 5.32 Å². The number of benzene rings is 1. The molecule has 0 aliphatic heterocycles. The Morgan fingerprint density at radius 1 is 1.22 bits per heavy atom. The van der Waals surface area contributed by atoms with Gasteiger partial charge in [0.1, 0.15) is 6.04 Å². The number of primary amides is 1. The van der Waals surface area contributed by atoms with Gasteiger partial charge in [0.25, 0.3) is 5.91 Å². The molecule has 0 radical (unpaired) electrons. The summed E-state index contributed by atoms with van der Waals surface area (Å²) < 4.78 is 42.4. The van der Waals surface area contributed by atoms with Crippen LogP contribution < -0.4 is 11.1 Å². The number of aliphatic hydroxyl groups excluding tert-OH is 1.